The molecular weight excluding hydrogens is 229 g/mol. The molecule has 0 aliphatic carbocycles. The second-order valence-corrected chi connectivity index (χ2v) is 5.75. The van der Waals surface area contributed by atoms with Crippen LogP contribution in [0.3, 0.4) is 0 Å². The molecule has 1 aromatic rings. The third-order valence-electron chi connectivity index (χ3n) is 4.45. The Morgan fingerprint density at radius 1 is 1.22 bits per heavy atom. The minimum Gasteiger partial charge on any atom is -0.374 e. The molecule has 0 bridgehead atoms. The Labute approximate surface area is 108 Å². The van der Waals surface area contributed by atoms with Gasteiger partial charge in [0, 0.05) is 19.0 Å². The van der Waals surface area contributed by atoms with Crippen LogP contribution >= 0.6 is 0 Å². The molecule has 98 valence electrons. The van der Waals surface area contributed by atoms with Crippen LogP contribution in [0.15, 0.2) is 24.3 Å². The summed E-state index contributed by atoms with van der Waals surface area (Å²) in [7, 11) is 2.17. The lowest BCUT2D eigenvalue weighted by atomic mass is 9.83. The maximum Gasteiger partial charge on any atom is 0.123 e. The summed E-state index contributed by atoms with van der Waals surface area (Å²) in [4.78, 5) is 2.36. The van der Waals surface area contributed by atoms with Crippen LogP contribution in [0.4, 0.5) is 4.39 Å². The van der Waals surface area contributed by atoms with Crippen LogP contribution < -0.4 is 0 Å². The summed E-state index contributed by atoms with van der Waals surface area (Å²) in [6.45, 7) is 3.03. The maximum atomic E-state index is 12.9. The van der Waals surface area contributed by atoms with Crippen molar-refractivity contribution in [3.05, 3.63) is 35.6 Å². The molecular formula is C15H20FNO. The zero-order chi connectivity index (χ0) is 12.6. The van der Waals surface area contributed by atoms with Gasteiger partial charge >= 0.3 is 0 Å². The fourth-order valence-corrected chi connectivity index (χ4v) is 3.17. The molecule has 2 fully saturated rings. The molecule has 3 rings (SSSR count). The van der Waals surface area contributed by atoms with Crippen LogP contribution in [0.5, 0.6) is 0 Å². The Bertz CT molecular complexity index is 409. The lowest BCUT2D eigenvalue weighted by Gasteiger charge is -2.37. The fraction of sp³-hybridized carbons (Fsp3) is 0.600. The van der Waals surface area contributed by atoms with E-state index in [1.165, 1.54) is 5.56 Å². The van der Waals surface area contributed by atoms with E-state index in [1.807, 2.05) is 12.1 Å². The number of benzene rings is 1. The largest absolute Gasteiger partial charge is 0.374 e. The van der Waals surface area contributed by atoms with Crippen LogP contribution in [-0.2, 0) is 4.74 Å². The quantitative estimate of drug-likeness (QED) is 0.759. The second-order valence-electron chi connectivity index (χ2n) is 5.75. The summed E-state index contributed by atoms with van der Waals surface area (Å²) in [5.74, 6) is 0.278. The van der Waals surface area contributed by atoms with Crippen molar-refractivity contribution in [2.45, 2.75) is 30.8 Å². The first-order valence-electron chi connectivity index (χ1n) is 6.75. The van der Waals surface area contributed by atoms with Gasteiger partial charge in [0.15, 0.2) is 0 Å². The number of nitrogens with zero attached hydrogens (tertiary/aromatic N) is 1. The molecule has 2 saturated heterocycles. The molecule has 0 saturated carbocycles. The van der Waals surface area contributed by atoms with Crippen LogP contribution in [0.1, 0.15) is 30.7 Å². The third-order valence-corrected chi connectivity index (χ3v) is 4.45. The van der Waals surface area contributed by atoms with Crippen molar-refractivity contribution < 1.29 is 9.13 Å². The van der Waals surface area contributed by atoms with Gasteiger partial charge in [-0.1, -0.05) is 12.1 Å². The van der Waals surface area contributed by atoms with Gasteiger partial charge in [0.05, 0.1) is 12.2 Å². The first kappa shape index (κ1) is 12.1. The molecule has 2 heterocycles. The van der Waals surface area contributed by atoms with Crippen molar-refractivity contribution in [2.24, 2.45) is 0 Å². The summed E-state index contributed by atoms with van der Waals surface area (Å²) in [5.41, 5.74) is 1.30. The highest BCUT2D eigenvalue weighted by atomic mass is 19.1. The van der Waals surface area contributed by atoms with Crippen molar-refractivity contribution in [2.75, 3.05) is 26.7 Å². The monoisotopic (exact) mass is 249 g/mol. The van der Waals surface area contributed by atoms with Gasteiger partial charge < -0.3 is 9.64 Å². The molecule has 3 heteroatoms. The summed E-state index contributed by atoms with van der Waals surface area (Å²) in [6, 6.07) is 6.90. The van der Waals surface area contributed by atoms with Crippen LogP contribution in [-0.4, -0.2) is 37.2 Å². The molecule has 2 aliphatic heterocycles. The minimum atomic E-state index is -0.160. The van der Waals surface area contributed by atoms with Crippen molar-refractivity contribution in [3.8, 4) is 0 Å². The predicted molar refractivity (Wildman–Crippen MR) is 69.2 cm³/mol. The summed E-state index contributed by atoms with van der Waals surface area (Å²) in [5, 5.41) is 0. The van der Waals surface area contributed by atoms with Gasteiger partial charge in [-0.3, -0.25) is 0 Å². The highest BCUT2D eigenvalue weighted by molar-refractivity contribution is 5.22. The average molecular weight is 249 g/mol. The van der Waals surface area contributed by atoms with Gasteiger partial charge in [-0.25, -0.2) is 4.39 Å². The first-order chi connectivity index (χ1) is 8.67. The summed E-state index contributed by atoms with van der Waals surface area (Å²) in [6.07, 6.45) is 3.34. The van der Waals surface area contributed by atoms with E-state index in [0.717, 1.165) is 39.0 Å². The highest BCUT2D eigenvalue weighted by Gasteiger charge is 2.42. The molecule has 1 atom stereocenters. The Kier molecular flexibility index (Phi) is 3.12. The van der Waals surface area contributed by atoms with E-state index in [-0.39, 0.29) is 11.4 Å². The van der Waals surface area contributed by atoms with Gasteiger partial charge in [0.2, 0.25) is 0 Å². The Morgan fingerprint density at radius 2 is 1.89 bits per heavy atom. The predicted octanol–water partition coefficient (Wildman–Crippen LogP) is 2.79. The Morgan fingerprint density at radius 3 is 2.56 bits per heavy atom. The van der Waals surface area contributed by atoms with Crippen molar-refractivity contribution in [3.63, 3.8) is 0 Å². The normalized spacial score (nSPS) is 27.8. The van der Waals surface area contributed by atoms with Crippen LogP contribution in [0.2, 0.25) is 0 Å². The number of halogens is 1. The molecule has 0 radical (unpaired) electrons. The lowest BCUT2D eigenvalue weighted by Crippen LogP contribution is -2.42. The molecule has 0 amide bonds. The molecule has 2 nitrogen and oxygen atoms in total. The van der Waals surface area contributed by atoms with Crippen LogP contribution in [0, 0.1) is 5.82 Å². The SMILES string of the molecule is CN1CCC2(CC1)CC(c1ccc(F)cc1)CO2. The Hall–Kier alpha value is -0.930. The number of ether oxygens (including phenoxy) is 1. The van der Waals surface area contributed by atoms with Gasteiger partial charge in [0.1, 0.15) is 5.82 Å². The smallest absolute Gasteiger partial charge is 0.123 e. The number of hydrogen-bond acceptors (Lipinski definition) is 2. The zero-order valence-corrected chi connectivity index (χ0v) is 10.9. The molecule has 2 aliphatic rings. The second kappa shape index (κ2) is 4.63. The van der Waals surface area contributed by atoms with E-state index in [1.54, 1.807) is 12.1 Å². The van der Waals surface area contributed by atoms with E-state index in [4.69, 9.17) is 4.74 Å². The Balaban J connectivity index is 1.69. The third kappa shape index (κ3) is 2.29. The molecule has 18 heavy (non-hydrogen) atoms. The average Bonchev–Trinajstić information content (AvgIpc) is 2.79. The molecule has 0 N–H and O–H groups in total. The number of hydrogen-bond donors (Lipinski definition) is 0. The van der Waals surface area contributed by atoms with E-state index in [2.05, 4.69) is 11.9 Å². The minimum absolute atomic E-state index is 0.0889. The number of rotatable bonds is 1. The van der Waals surface area contributed by atoms with Gasteiger partial charge in [-0.05, 0) is 44.0 Å². The fourth-order valence-electron chi connectivity index (χ4n) is 3.17. The van der Waals surface area contributed by atoms with Gasteiger partial charge in [-0.2, -0.15) is 0 Å². The van der Waals surface area contributed by atoms with Crippen LogP contribution in [0.25, 0.3) is 0 Å². The molecule has 1 spiro atoms. The van der Waals surface area contributed by atoms with Crippen molar-refractivity contribution in [1.29, 1.82) is 0 Å². The van der Waals surface area contributed by atoms with E-state index < -0.39 is 0 Å². The van der Waals surface area contributed by atoms with Crippen molar-refractivity contribution in [1.82, 2.24) is 4.90 Å². The first-order valence-corrected chi connectivity index (χ1v) is 6.75. The topological polar surface area (TPSA) is 12.5 Å². The molecule has 0 aromatic heterocycles. The van der Waals surface area contributed by atoms with E-state index in [0.29, 0.717) is 5.92 Å². The van der Waals surface area contributed by atoms with Crippen molar-refractivity contribution >= 4 is 0 Å². The number of piperidine rings is 1. The molecule has 1 unspecified atom stereocenters. The maximum absolute atomic E-state index is 12.9. The summed E-state index contributed by atoms with van der Waals surface area (Å²) < 4.78 is 19.0. The zero-order valence-electron chi connectivity index (χ0n) is 10.9. The van der Waals surface area contributed by atoms with Gasteiger partial charge in [0.25, 0.3) is 0 Å². The number of likely N-dealkylation sites (tertiary alicyclic amines) is 1. The van der Waals surface area contributed by atoms with Gasteiger partial charge in [-0.15, -0.1) is 0 Å². The molecule has 1 aromatic carbocycles. The standard InChI is InChI=1S/C15H20FNO/c1-17-8-6-15(7-9-17)10-13(11-18-15)12-2-4-14(16)5-3-12/h2-5,13H,6-11H2,1H3. The lowest BCUT2D eigenvalue weighted by molar-refractivity contribution is -0.0392. The van der Waals surface area contributed by atoms with E-state index >= 15 is 0 Å². The highest BCUT2D eigenvalue weighted by Crippen LogP contribution is 2.42. The van der Waals surface area contributed by atoms with E-state index in [9.17, 15) is 4.39 Å². The summed E-state index contributed by atoms with van der Waals surface area (Å²) >= 11 is 0.